The van der Waals surface area contributed by atoms with Crippen LogP contribution in [0.25, 0.3) is 0 Å². The summed E-state index contributed by atoms with van der Waals surface area (Å²) in [5, 5.41) is 5.50. The number of hydrogen-bond donors (Lipinski definition) is 2. The maximum absolute atomic E-state index is 12.6. The second kappa shape index (κ2) is 8.73. The van der Waals surface area contributed by atoms with Gasteiger partial charge in [0.1, 0.15) is 12.6 Å². The number of anilines is 1. The Balaban J connectivity index is 1.61. The third-order valence-corrected chi connectivity index (χ3v) is 5.18. The molecule has 1 heterocycles. The highest BCUT2D eigenvalue weighted by atomic mass is 32.2. The van der Waals surface area contributed by atoms with Crippen molar-refractivity contribution in [1.82, 2.24) is 10.6 Å². The summed E-state index contributed by atoms with van der Waals surface area (Å²) in [5.74, 6) is -0.138. The van der Waals surface area contributed by atoms with Crippen molar-refractivity contribution in [3.05, 3.63) is 60.2 Å². The number of hydrogen-bond acceptors (Lipinski definition) is 4. The number of rotatable bonds is 6. The zero-order valence-corrected chi connectivity index (χ0v) is 15.8. The van der Waals surface area contributed by atoms with E-state index in [2.05, 4.69) is 10.6 Å². The molecule has 2 N–H and O–H groups in total. The molecule has 6 nitrogen and oxygen atoms in total. The van der Waals surface area contributed by atoms with Crippen molar-refractivity contribution < 1.29 is 14.4 Å². The Morgan fingerprint density at radius 1 is 1.11 bits per heavy atom. The molecule has 0 spiro atoms. The molecule has 2 aromatic rings. The van der Waals surface area contributed by atoms with Crippen LogP contribution in [0.5, 0.6) is 0 Å². The molecule has 0 aliphatic carbocycles. The zero-order chi connectivity index (χ0) is 19.2. The van der Waals surface area contributed by atoms with E-state index in [-0.39, 0.29) is 24.3 Å². The Morgan fingerprint density at radius 2 is 1.81 bits per heavy atom. The average Bonchev–Trinajstić information content (AvgIpc) is 2.77. The van der Waals surface area contributed by atoms with E-state index in [1.54, 1.807) is 43.0 Å². The average molecular weight is 383 g/mol. The number of benzene rings is 2. The van der Waals surface area contributed by atoms with Crippen molar-refractivity contribution in [2.24, 2.45) is 0 Å². The number of nitrogens with zero attached hydrogens (tertiary/aromatic N) is 1. The third-order valence-electron chi connectivity index (χ3n) is 4.16. The molecule has 1 aliphatic rings. The van der Waals surface area contributed by atoms with Gasteiger partial charge in [-0.1, -0.05) is 30.3 Å². The van der Waals surface area contributed by atoms with Crippen LogP contribution in [0.3, 0.4) is 0 Å². The fourth-order valence-corrected chi connectivity index (χ4v) is 3.62. The summed E-state index contributed by atoms with van der Waals surface area (Å²) < 4.78 is 0. The highest BCUT2D eigenvalue weighted by molar-refractivity contribution is 7.99. The molecule has 0 saturated heterocycles. The van der Waals surface area contributed by atoms with E-state index in [0.717, 1.165) is 10.6 Å². The van der Waals surface area contributed by atoms with Crippen LogP contribution in [0.4, 0.5) is 5.69 Å². The predicted molar refractivity (Wildman–Crippen MR) is 106 cm³/mol. The monoisotopic (exact) mass is 383 g/mol. The SMILES string of the molecule is CC1NC(=O)c2ccccc2N(CC(=O)NCCSc2ccccc2)C1=O. The van der Waals surface area contributed by atoms with Gasteiger partial charge in [-0.25, -0.2) is 0 Å². The van der Waals surface area contributed by atoms with Crippen LogP contribution < -0.4 is 15.5 Å². The van der Waals surface area contributed by atoms with E-state index in [0.29, 0.717) is 17.8 Å². The lowest BCUT2D eigenvalue weighted by Gasteiger charge is -2.23. The van der Waals surface area contributed by atoms with Crippen molar-refractivity contribution in [2.45, 2.75) is 17.9 Å². The molecule has 0 radical (unpaired) electrons. The van der Waals surface area contributed by atoms with Crippen molar-refractivity contribution in [1.29, 1.82) is 0 Å². The van der Waals surface area contributed by atoms with Gasteiger partial charge in [0, 0.05) is 17.2 Å². The largest absolute Gasteiger partial charge is 0.354 e. The minimum absolute atomic E-state index is 0.120. The quantitative estimate of drug-likeness (QED) is 0.591. The summed E-state index contributed by atoms with van der Waals surface area (Å²) >= 11 is 1.65. The van der Waals surface area contributed by atoms with E-state index in [9.17, 15) is 14.4 Å². The maximum Gasteiger partial charge on any atom is 0.254 e. The van der Waals surface area contributed by atoms with Gasteiger partial charge in [-0.05, 0) is 31.2 Å². The molecule has 1 aliphatic heterocycles. The summed E-state index contributed by atoms with van der Waals surface area (Å²) in [6.07, 6.45) is 0. The molecule has 140 valence electrons. The van der Waals surface area contributed by atoms with Crippen LogP contribution in [0, 0.1) is 0 Å². The van der Waals surface area contributed by atoms with Crippen molar-refractivity contribution in [3.63, 3.8) is 0 Å². The first kappa shape index (κ1) is 19.0. The second-order valence-electron chi connectivity index (χ2n) is 6.15. The minimum atomic E-state index is -0.689. The van der Waals surface area contributed by atoms with E-state index in [4.69, 9.17) is 0 Å². The Labute approximate surface area is 162 Å². The summed E-state index contributed by atoms with van der Waals surface area (Å²) in [6.45, 7) is 1.99. The van der Waals surface area contributed by atoms with Gasteiger partial charge < -0.3 is 15.5 Å². The van der Waals surface area contributed by atoms with Crippen LogP contribution in [0.1, 0.15) is 17.3 Å². The minimum Gasteiger partial charge on any atom is -0.354 e. The molecule has 0 fully saturated rings. The molecule has 1 unspecified atom stereocenters. The molecule has 7 heteroatoms. The Morgan fingerprint density at radius 3 is 2.59 bits per heavy atom. The Hall–Kier alpha value is -2.80. The molecule has 3 rings (SSSR count). The van der Waals surface area contributed by atoms with Gasteiger partial charge in [-0.2, -0.15) is 0 Å². The maximum atomic E-state index is 12.6. The smallest absolute Gasteiger partial charge is 0.254 e. The molecule has 0 saturated carbocycles. The van der Waals surface area contributed by atoms with Crippen LogP contribution in [-0.4, -0.2) is 42.6 Å². The van der Waals surface area contributed by atoms with Crippen LogP contribution in [0.15, 0.2) is 59.5 Å². The van der Waals surface area contributed by atoms with Gasteiger partial charge in [0.2, 0.25) is 11.8 Å². The van der Waals surface area contributed by atoms with Crippen LogP contribution in [-0.2, 0) is 9.59 Å². The van der Waals surface area contributed by atoms with Crippen LogP contribution >= 0.6 is 11.8 Å². The first-order valence-electron chi connectivity index (χ1n) is 8.72. The molecule has 1 atom stereocenters. The highest BCUT2D eigenvalue weighted by Crippen LogP contribution is 2.24. The molecular weight excluding hydrogens is 362 g/mol. The van der Waals surface area contributed by atoms with Gasteiger partial charge in [0.05, 0.1) is 11.3 Å². The van der Waals surface area contributed by atoms with Gasteiger partial charge in [-0.15, -0.1) is 11.8 Å². The zero-order valence-electron chi connectivity index (χ0n) is 15.0. The molecule has 0 aromatic heterocycles. The van der Waals surface area contributed by atoms with E-state index < -0.39 is 6.04 Å². The number of carbonyl (C=O) groups excluding carboxylic acids is 3. The number of nitrogens with one attached hydrogen (secondary N) is 2. The number of amides is 3. The van der Waals surface area contributed by atoms with Crippen molar-refractivity contribution in [2.75, 3.05) is 23.7 Å². The predicted octanol–water partition coefficient (Wildman–Crippen LogP) is 2.06. The van der Waals surface area contributed by atoms with Crippen molar-refractivity contribution >= 4 is 35.2 Å². The standard InChI is InChI=1S/C20H21N3O3S/c1-14-20(26)23(17-10-6-5-9-16(17)19(25)22-14)13-18(24)21-11-12-27-15-7-3-2-4-8-15/h2-10,14H,11-13H2,1H3,(H,21,24)(H,22,25). The van der Waals surface area contributed by atoms with Gasteiger partial charge >= 0.3 is 0 Å². The first-order chi connectivity index (χ1) is 13.1. The fraction of sp³-hybridized carbons (Fsp3) is 0.250. The lowest BCUT2D eigenvalue weighted by molar-refractivity contribution is -0.124. The number of para-hydroxylation sites is 1. The normalized spacial score (nSPS) is 16.3. The van der Waals surface area contributed by atoms with Gasteiger partial charge in [-0.3, -0.25) is 14.4 Å². The molecular formula is C20H21N3O3S. The number of carbonyl (C=O) groups is 3. The summed E-state index contributed by atoms with van der Waals surface area (Å²) in [6, 6.07) is 16.1. The van der Waals surface area contributed by atoms with E-state index in [1.165, 1.54) is 4.90 Å². The Bertz CT molecular complexity index is 841. The lowest BCUT2D eigenvalue weighted by atomic mass is 10.1. The van der Waals surface area contributed by atoms with Gasteiger partial charge in [0.25, 0.3) is 5.91 Å². The highest BCUT2D eigenvalue weighted by Gasteiger charge is 2.31. The topological polar surface area (TPSA) is 78.5 Å². The first-order valence-corrected chi connectivity index (χ1v) is 9.70. The molecule has 27 heavy (non-hydrogen) atoms. The molecule has 2 aromatic carbocycles. The summed E-state index contributed by atoms with van der Waals surface area (Å²) in [4.78, 5) is 39.7. The summed E-state index contributed by atoms with van der Waals surface area (Å²) in [5.41, 5.74) is 0.848. The lowest BCUT2D eigenvalue weighted by Crippen LogP contribution is -2.47. The van der Waals surface area contributed by atoms with Gasteiger partial charge in [0.15, 0.2) is 0 Å². The molecule has 3 amide bonds. The number of thioether (sulfide) groups is 1. The van der Waals surface area contributed by atoms with E-state index >= 15 is 0 Å². The summed E-state index contributed by atoms with van der Waals surface area (Å²) in [7, 11) is 0. The Kier molecular flexibility index (Phi) is 6.13. The third kappa shape index (κ3) is 4.68. The fourth-order valence-electron chi connectivity index (χ4n) is 2.83. The second-order valence-corrected chi connectivity index (χ2v) is 7.32. The van der Waals surface area contributed by atoms with E-state index in [1.807, 2.05) is 30.3 Å². The number of fused-ring (bicyclic) bond motifs is 1. The van der Waals surface area contributed by atoms with Crippen LogP contribution in [0.2, 0.25) is 0 Å². The van der Waals surface area contributed by atoms with Crippen molar-refractivity contribution in [3.8, 4) is 0 Å². The molecule has 0 bridgehead atoms.